The highest BCUT2D eigenvalue weighted by Crippen LogP contribution is 2.17. The standard InChI is InChI=1S/C19H26N2O5/c1-13(17(22)21-19(24)20-16-9-4-3-5-10-16)26-18(23)15-8-6-7-14(11-15)12-25-2/h6-8,11,13,16H,3-5,9-10,12H2,1-2H3,(H2,20,21,22,24). The third-order valence-corrected chi connectivity index (χ3v) is 4.30. The fourth-order valence-corrected chi connectivity index (χ4v) is 2.92. The third kappa shape index (κ3) is 6.15. The molecule has 142 valence electrons. The minimum Gasteiger partial charge on any atom is -0.449 e. The van der Waals surface area contributed by atoms with Crippen molar-refractivity contribution < 1.29 is 23.9 Å². The van der Waals surface area contributed by atoms with Gasteiger partial charge in [-0.15, -0.1) is 0 Å². The quantitative estimate of drug-likeness (QED) is 0.759. The molecule has 3 amide bonds. The van der Waals surface area contributed by atoms with Crippen LogP contribution in [0.3, 0.4) is 0 Å². The number of hydrogen-bond donors (Lipinski definition) is 2. The maximum absolute atomic E-state index is 12.2. The van der Waals surface area contributed by atoms with E-state index in [1.165, 1.54) is 13.3 Å². The van der Waals surface area contributed by atoms with Crippen molar-refractivity contribution >= 4 is 17.9 Å². The lowest BCUT2D eigenvalue weighted by molar-refractivity contribution is -0.127. The molecular formula is C19H26N2O5. The molecule has 1 atom stereocenters. The van der Waals surface area contributed by atoms with Gasteiger partial charge in [-0.05, 0) is 37.5 Å². The number of carbonyl (C=O) groups excluding carboxylic acids is 3. The van der Waals surface area contributed by atoms with E-state index in [-0.39, 0.29) is 6.04 Å². The molecule has 1 aromatic carbocycles. The Bertz CT molecular complexity index is 641. The van der Waals surface area contributed by atoms with Crippen molar-refractivity contribution in [1.29, 1.82) is 0 Å². The summed E-state index contributed by atoms with van der Waals surface area (Å²) in [7, 11) is 1.57. The number of methoxy groups -OCH3 is 1. The van der Waals surface area contributed by atoms with Gasteiger partial charge in [0, 0.05) is 13.2 Å². The second-order valence-electron chi connectivity index (χ2n) is 6.48. The van der Waals surface area contributed by atoms with Crippen molar-refractivity contribution in [1.82, 2.24) is 10.6 Å². The Morgan fingerprint density at radius 2 is 1.92 bits per heavy atom. The van der Waals surface area contributed by atoms with Gasteiger partial charge in [0.05, 0.1) is 12.2 Å². The van der Waals surface area contributed by atoms with Crippen LogP contribution in [-0.4, -0.2) is 37.2 Å². The van der Waals surface area contributed by atoms with Gasteiger partial charge in [-0.1, -0.05) is 31.4 Å². The molecule has 0 spiro atoms. The van der Waals surface area contributed by atoms with Gasteiger partial charge in [-0.25, -0.2) is 9.59 Å². The summed E-state index contributed by atoms with van der Waals surface area (Å²) in [4.78, 5) is 36.1. The molecule has 0 saturated heterocycles. The van der Waals surface area contributed by atoms with Crippen molar-refractivity contribution in [2.24, 2.45) is 0 Å². The van der Waals surface area contributed by atoms with Crippen molar-refractivity contribution in [3.8, 4) is 0 Å². The van der Waals surface area contributed by atoms with E-state index >= 15 is 0 Å². The molecule has 7 nitrogen and oxygen atoms in total. The Hall–Kier alpha value is -2.41. The van der Waals surface area contributed by atoms with Crippen LogP contribution in [0.1, 0.15) is 54.9 Å². The SMILES string of the molecule is COCc1cccc(C(=O)OC(C)C(=O)NC(=O)NC2CCCCC2)c1. The summed E-state index contributed by atoms with van der Waals surface area (Å²) >= 11 is 0. The van der Waals surface area contributed by atoms with E-state index in [4.69, 9.17) is 9.47 Å². The second-order valence-corrected chi connectivity index (χ2v) is 6.48. The summed E-state index contributed by atoms with van der Waals surface area (Å²) in [5.74, 6) is -1.28. The van der Waals surface area contributed by atoms with Crippen LogP contribution in [0.25, 0.3) is 0 Å². The van der Waals surface area contributed by atoms with Crippen molar-refractivity contribution in [3.05, 3.63) is 35.4 Å². The van der Waals surface area contributed by atoms with Gasteiger partial charge in [-0.3, -0.25) is 10.1 Å². The van der Waals surface area contributed by atoms with Gasteiger partial charge < -0.3 is 14.8 Å². The Kier molecular flexibility index (Phi) is 7.59. The van der Waals surface area contributed by atoms with E-state index in [2.05, 4.69) is 10.6 Å². The fraction of sp³-hybridized carbons (Fsp3) is 0.526. The highest BCUT2D eigenvalue weighted by Gasteiger charge is 2.22. The van der Waals surface area contributed by atoms with E-state index in [1.54, 1.807) is 25.3 Å². The molecule has 26 heavy (non-hydrogen) atoms. The Balaban J connectivity index is 1.82. The van der Waals surface area contributed by atoms with Crippen LogP contribution < -0.4 is 10.6 Å². The van der Waals surface area contributed by atoms with E-state index in [9.17, 15) is 14.4 Å². The zero-order valence-electron chi connectivity index (χ0n) is 15.2. The molecule has 1 aromatic rings. The smallest absolute Gasteiger partial charge is 0.338 e. The summed E-state index contributed by atoms with van der Waals surface area (Å²) in [6.07, 6.45) is 4.10. The molecule has 1 aliphatic rings. The number of rotatable bonds is 6. The van der Waals surface area contributed by atoms with Crippen LogP contribution in [0.4, 0.5) is 4.79 Å². The molecule has 0 heterocycles. The molecule has 7 heteroatoms. The summed E-state index contributed by atoms with van der Waals surface area (Å²) in [5.41, 5.74) is 1.15. The number of amides is 3. The molecule has 1 aliphatic carbocycles. The molecule has 0 aromatic heterocycles. The van der Waals surface area contributed by atoms with Gasteiger partial charge in [0.2, 0.25) is 0 Å². The Morgan fingerprint density at radius 3 is 2.62 bits per heavy atom. The van der Waals surface area contributed by atoms with E-state index in [0.717, 1.165) is 31.2 Å². The van der Waals surface area contributed by atoms with Crippen LogP contribution in [-0.2, 0) is 20.9 Å². The average Bonchev–Trinajstić information content (AvgIpc) is 2.62. The van der Waals surface area contributed by atoms with Crippen LogP contribution in [0.2, 0.25) is 0 Å². The number of benzene rings is 1. The summed E-state index contributed by atoms with van der Waals surface area (Å²) in [6.45, 7) is 1.80. The first-order chi connectivity index (χ1) is 12.5. The number of urea groups is 1. The maximum atomic E-state index is 12.2. The number of esters is 1. The number of carbonyl (C=O) groups is 3. The summed E-state index contributed by atoms with van der Waals surface area (Å²) in [6, 6.07) is 6.33. The van der Waals surface area contributed by atoms with Gasteiger partial charge in [0.1, 0.15) is 0 Å². The zero-order valence-corrected chi connectivity index (χ0v) is 15.2. The van der Waals surface area contributed by atoms with E-state index in [0.29, 0.717) is 12.2 Å². The molecule has 1 fully saturated rings. The number of ether oxygens (including phenoxy) is 2. The average molecular weight is 362 g/mol. The van der Waals surface area contributed by atoms with Crippen LogP contribution in [0.5, 0.6) is 0 Å². The highest BCUT2D eigenvalue weighted by atomic mass is 16.5. The van der Waals surface area contributed by atoms with Crippen LogP contribution >= 0.6 is 0 Å². The number of nitrogens with one attached hydrogen (secondary N) is 2. The van der Waals surface area contributed by atoms with Crippen LogP contribution in [0.15, 0.2) is 24.3 Å². The largest absolute Gasteiger partial charge is 0.449 e. The van der Waals surface area contributed by atoms with Gasteiger partial charge >= 0.3 is 12.0 Å². The zero-order chi connectivity index (χ0) is 18.9. The normalized spacial score (nSPS) is 15.8. The predicted molar refractivity (Wildman–Crippen MR) is 95.6 cm³/mol. The van der Waals surface area contributed by atoms with Crippen LogP contribution in [0, 0.1) is 0 Å². The molecule has 2 rings (SSSR count). The maximum Gasteiger partial charge on any atom is 0.338 e. The van der Waals surface area contributed by atoms with Crippen molar-refractivity contribution in [3.63, 3.8) is 0 Å². The molecule has 0 aliphatic heterocycles. The lowest BCUT2D eigenvalue weighted by atomic mass is 9.96. The third-order valence-electron chi connectivity index (χ3n) is 4.30. The highest BCUT2D eigenvalue weighted by molar-refractivity contribution is 5.98. The van der Waals surface area contributed by atoms with E-state index in [1.807, 2.05) is 6.07 Å². The van der Waals surface area contributed by atoms with Gasteiger partial charge in [-0.2, -0.15) is 0 Å². The van der Waals surface area contributed by atoms with E-state index < -0.39 is 24.0 Å². The number of hydrogen-bond acceptors (Lipinski definition) is 5. The summed E-state index contributed by atoms with van der Waals surface area (Å²) < 4.78 is 10.2. The first-order valence-corrected chi connectivity index (χ1v) is 8.90. The predicted octanol–water partition coefficient (Wildman–Crippen LogP) is 2.54. The minimum absolute atomic E-state index is 0.0953. The molecule has 0 radical (unpaired) electrons. The lowest BCUT2D eigenvalue weighted by Gasteiger charge is -2.23. The number of imide groups is 1. The van der Waals surface area contributed by atoms with Crippen molar-refractivity contribution in [2.75, 3.05) is 7.11 Å². The summed E-state index contributed by atoms with van der Waals surface area (Å²) in [5, 5.41) is 5.02. The fourth-order valence-electron chi connectivity index (χ4n) is 2.92. The Morgan fingerprint density at radius 1 is 1.19 bits per heavy atom. The minimum atomic E-state index is -1.08. The molecule has 1 unspecified atom stereocenters. The first-order valence-electron chi connectivity index (χ1n) is 8.90. The Labute approximate surface area is 153 Å². The first kappa shape index (κ1) is 19.9. The topological polar surface area (TPSA) is 93.7 Å². The lowest BCUT2D eigenvalue weighted by Crippen LogP contribution is -2.48. The molecular weight excluding hydrogens is 336 g/mol. The molecule has 1 saturated carbocycles. The second kappa shape index (κ2) is 9.91. The van der Waals surface area contributed by atoms with Gasteiger partial charge in [0.15, 0.2) is 6.10 Å². The monoisotopic (exact) mass is 362 g/mol. The van der Waals surface area contributed by atoms with Gasteiger partial charge in [0.25, 0.3) is 5.91 Å². The van der Waals surface area contributed by atoms with Crippen molar-refractivity contribution in [2.45, 2.75) is 57.8 Å². The molecule has 0 bridgehead atoms. The molecule has 2 N–H and O–H groups in total.